The predicted octanol–water partition coefficient (Wildman–Crippen LogP) is 2.26. The molecule has 0 aliphatic carbocycles. The van der Waals surface area contributed by atoms with Crippen LogP contribution in [0.1, 0.15) is 16.7 Å². The molecule has 0 saturated carbocycles. The first kappa shape index (κ1) is 15.8. The Morgan fingerprint density at radius 2 is 1.91 bits per heavy atom. The van der Waals surface area contributed by atoms with E-state index in [1.165, 1.54) is 17.7 Å². The summed E-state index contributed by atoms with van der Waals surface area (Å²) in [5, 5.41) is 21.4. The van der Waals surface area contributed by atoms with Gasteiger partial charge >= 0.3 is 0 Å². The number of phenols is 1. The van der Waals surface area contributed by atoms with Crippen LogP contribution in [-0.4, -0.2) is 22.7 Å². The third-order valence-electron chi connectivity index (χ3n) is 3.26. The van der Waals surface area contributed by atoms with E-state index in [1.807, 2.05) is 30.3 Å². The first-order valence-electron chi connectivity index (χ1n) is 7.11. The summed E-state index contributed by atoms with van der Waals surface area (Å²) in [5.41, 5.74) is 2.37. The lowest BCUT2D eigenvalue weighted by molar-refractivity contribution is -0.116. The van der Waals surface area contributed by atoms with Crippen LogP contribution in [-0.2, 0) is 17.8 Å². The summed E-state index contributed by atoms with van der Waals surface area (Å²) in [6, 6.07) is 14.8. The number of hydrogen-bond acceptors (Lipinski definition) is 3. The van der Waals surface area contributed by atoms with Crippen molar-refractivity contribution in [1.29, 1.82) is 0 Å². The van der Waals surface area contributed by atoms with E-state index in [2.05, 4.69) is 5.32 Å². The normalized spacial score (nSPS) is 10.8. The van der Waals surface area contributed by atoms with Gasteiger partial charge in [0.05, 0.1) is 6.61 Å². The number of aliphatic hydroxyl groups is 1. The van der Waals surface area contributed by atoms with Crippen LogP contribution in [0.5, 0.6) is 5.75 Å². The number of aromatic hydroxyl groups is 1. The van der Waals surface area contributed by atoms with Gasteiger partial charge in [-0.05, 0) is 35.8 Å². The smallest absolute Gasteiger partial charge is 0.244 e. The van der Waals surface area contributed by atoms with Gasteiger partial charge in [-0.3, -0.25) is 4.79 Å². The van der Waals surface area contributed by atoms with Crippen molar-refractivity contribution in [2.24, 2.45) is 0 Å². The van der Waals surface area contributed by atoms with Crippen LogP contribution in [0, 0.1) is 0 Å². The highest BCUT2D eigenvalue weighted by molar-refractivity contribution is 5.91. The van der Waals surface area contributed by atoms with Crippen molar-refractivity contribution in [3.05, 3.63) is 71.3 Å². The number of nitrogens with one attached hydrogen (secondary N) is 1. The maximum atomic E-state index is 11.7. The molecule has 4 nitrogen and oxygen atoms in total. The molecule has 0 aromatic heterocycles. The minimum Gasteiger partial charge on any atom is -0.508 e. The molecule has 4 heteroatoms. The fourth-order valence-electron chi connectivity index (χ4n) is 2.04. The molecule has 0 spiro atoms. The van der Waals surface area contributed by atoms with Crippen molar-refractivity contribution in [1.82, 2.24) is 5.32 Å². The molecular weight excluding hydrogens is 278 g/mol. The van der Waals surface area contributed by atoms with Gasteiger partial charge in [-0.1, -0.05) is 36.4 Å². The van der Waals surface area contributed by atoms with E-state index in [0.717, 1.165) is 12.0 Å². The molecule has 0 heterocycles. The average Bonchev–Trinajstić information content (AvgIpc) is 2.55. The summed E-state index contributed by atoms with van der Waals surface area (Å²) in [5.74, 6) is -0.124. The Labute approximate surface area is 129 Å². The molecule has 0 bridgehead atoms. The van der Waals surface area contributed by atoms with E-state index in [-0.39, 0.29) is 18.3 Å². The van der Waals surface area contributed by atoms with Crippen LogP contribution in [0.4, 0.5) is 0 Å². The van der Waals surface area contributed by atoms with Crippen molar-refractivity contribution in [2.75, 3.05) is 6.54 Å². The molecule has 0 radical (unpaired) electrons. The van der Waals surface area contributed by atoms with Gasteiger partial charge in [0.25, 0.3) is 0 Å². The zero-order valence-electron chi connectivity index (χ0n) is 12.2. The topological polar surface area (TPSA) is 69.6 Å². The molecule has 3 N–H and O–H groups in total. The van der Waals surface area contributed by atoms with E-state index in [9.17, 15) is 9.90 Å². The van der Waals surface area contributed by atoms with Crippen molar-refractivity contribution in [3.63, 3.8) is 0 Å². The predicted molar refractivity (Wildman–Crippen MR) is 86.2 cm³/mol. The lowest BCUT2D eigenvalue weighted by Gasteiger charge is -2.03. The van der Waals surface area contributed by atoms with Gasteiger partial charge in [0, 0.05) is 18.2 Å². The molecule has 0 aliphatic rings. The minimum absolute atomic E-state index is 0.0481. The molecule has 0 aliphatic heterocycles. The van der Waals surface area contributed by atoms with Gasteiger partial charge in [0.15, 0.2) is 0 Å². The van der Waals surface area contributed by atoms with Crippen LogP contribution in [0.25, 0.3) is 6.08 Å². The minimum atomic E-state index is -0.239. The van der Waals surface area contributed by atoms with E-state index < -0.39 is 0 Å². The van der Waals surface area contributed by atoms with Crippen molar-refractivity contribution >= 4 is 12.0 Å². The Balaban J connectivity index is 1.83. The van der Waals surface area contributed by atoms with Gasteiger partial charge in [-0.2, -0.15) is 0 Å². The second-order valence-corrected chi connectivity index (χ2v) is 4.91. The van der Waals surface area contributed by atoms with Crippen LogP contribution >= 0.6 is 0 Å². The quantitative estimate of drug-likeness (QED) is 0.716. The third kappa shape index (κ3) is 4.75. The summed E-state index contributed by atoms with van der Waals surface area (Å²) in [6.45, 7) is 0.335. The molecular formula is C18H19NO3. The Bertz CT molecular complexity index is 651. The highest BCUT2D eigenvalue weighted by Crippen LogP contribution is 2.18. The van der Waals surface area contributed by atoms with Crippen LogP contribution in [0.3, 0.4) is 0 Å². The van der Waals surface area contributed by atoms with Gasteiger partial charge in [-0.25, -0.2) is 0 Å². The highest BCUT2D eigenvalue weighted by atomic mass is 16.3. The monoisotopic (exact) mass is 297 g/mol. The molecule has 2 rings (SSSR count). The van der Waals surface area contributed by atoms with E-state index in [1.54, 1.807) is 18.2 Å². The first-order chi connectivity index (χ1) is 10.7. The SMILES string of the molecule is O=C(C=Cc1ccc(O)c(CO)c1)NCCc1ccccc1. The van der Waals surface area contributed by atoms with Crippen molar-refractivity contribution in [2.45, 2.75) is 13.0 Å². The van der Waals surface area contributed by atoms with Gasteiger partial charge < -0.3 is 15.5 Å². The molecule has 22 heavy (non-hydrogen) atoms. The average molecular weight is 297 g/mol. The van der Waals surface area contributed by atoms with Gasteiger partial charge in [0.1, 0.15) is 5.75 Å². The largest absolute Gasteiger partial charge is 0.508 e. The van der Waals surface area contributed by atoms with E-state index >= 15 is 0 Å². The van der Waals surface area contributed by atoms with Crippen LogP contribution in [0.2, 0.25) is 0 Å². The van der Waals surface area contributed by atoms with E-state index in [0.29, 0.717) is 12.1 Å². The Kier molecular flexibility index (Phi) is 5.74. The van der Waals surface area contributed by atoms with E-state index in [4.69, 9.17) is 5.11 Å². The third-order valence-corrected chi connectivity index (χ3v) is 3.26. The number of rotatable bonds is 6. The lowest BCUT2D eigenvalue weighted by Crippen LogP contribution is -2.23. The zero-order chi connectivity index (χ0) is 15.8. The Morgan fingerprint density at radius 3 is 2.64 bits per heavy atom. The van der Waals surface area contributed by atoms with Crippen molar-refractivity contribution in [3.8, 4) is 5.75 Å². The molecule has 0 fully saturated rings. The Morgan fingerprint density at radius 1 is 1.14 bits per heavy atom. The summed E-state index contributed by atoms with van der Waals surface area (Å²) in [7, 11) is 0. The number of carbonyl (C=O) groups excluding carboxylic acids is 1. The fraction of sp³-hybridized carbons (Fsp3) is 0.167. The zero-order valence-corrected chi connectivity index (χ0v) is 12.2. The van der Waals surface area contributed by atoms with Crippen LogP contribution in [0.15, 0.2) is 54.6 Å². The van der Waals surface area contributed by atoms with Gasteiger partial charge in [-0.15, -0.1) is 0 Å². The lowest BCUT2D eigenvalue weighted by atomic mass is 10.1. The molecule has 1 amide bonds. The maximum Gasteiger partial charge on any atom is 0.244 e. The molecule has 0 saturated heterocycles. The summed E-state index contributed by atoms with van der Waals surface area (Å²) in [6.07, 6.45) is 3.88. The number of aliphatic hydroxyl groups excluding tert-OH is 1. The second kappa shape index (κ2) is 8.00. The van der Waals surface area contributed by atoms with Gasteiger partial charge in [0.2, 0.25) is 5.91 Å². The number of hydrogen-bond donors (Lipinski definition) is 3. The fourth-order valence-corrected chi connectivity index (χ4v) is 2.04. The maximum absolute atomic E-state index is 11.7. The summed E-state index contributed by atoms with van der Waals surface area (Å²) in [4.78, 5) is 11.7. The number of carbonyl (C=O) groups is 1. The number of benzene rings is 2. The van der Waals surface area contributed by atoms with Crippen molar-refractivity contribution < 1.29 is 15.0 Å². The summed E-state index contributed by atoms with van der Waals surface area (Å²) >= 11 is 0. The Hall–Kier alpha value is -2.59. The standard InChI is InChI=1S/C18H19NO3/c20-13-16-12-15(6-8-17(16)21)7-9-18(22)19-11-10-14-4-2-1-3-5-14/h1-9,12,20-21H,10-11,13H2,(H,19,22). The molecule has 114 valence electrons. The summed E-state index contributed by atoms with van der Waals surface area (Å²) < 4.78 is 0. The molecule has 0 unspecified atom stereocenters. The molecule has 2 aromatic carbocycles. The second-order valence-electron chi connectivity index (χ2n) is 4.91. The van der Waals surface area contributed by atoms with Crippen LogP contribution < -0.4 is 5.32 Å². The molecule has 2 aromatic rings. The first-order valence-corrected chi connectivity index (χ1v) is 7.11. The molecule has 0 atom stereocenters. The number of amides is 1. The highest BCUT2D eigenvalue weighted by Gasteiger charge is 2.00.